The normalized spacial score (nSPS) is 13.1. The maximum absolute atomic E-state index is 10.7. The number of methoxy groups -OCH3 is 2. The van der Waals surface area contributed by atoms with Crippen LogP contribution in [0.25, 0.3) is 0 Å². The summed E-state index contributed by atoms with van der Waals surface area (Å²) >= 11 is 0. The van der Waals surface area contributed by atoms with Crippen LogP contribution < -0.4 is 20.1 Å². The Kier molecular flexibility index (Phi) is 10.1. The smallest absolute Gasteiger partial charge is 0.191 e. The van der Waals surface area contributed by atoms with E-state index in [1.165, 1.54) is 0 Å². The molecule has 0 saturated heterocycles. The summed E-state index contributed by atoms with van der Waals surface area (Å²) in [5.41, 5.74) is 0.855. The highest BCUT2D eigenvalue weighted by atomic mass is 127. The molecule has 2 aromatic rings. The number of halogens is 1. The first-order chi connectivity index (χ1) is 13.0. The van der Waals surface area contributed by atoms with Gasteiger partial charge in [-0.2, -0.15) is 0 Å². The number of ether oxygens (including phenoxy) is 2. The monoisotopic (exact) mass is 499 g/mol. The average Bonchev–Trinajstić information content (AvgIpc) is 2.70. The zero-order valence-electron chi connectivity index (χ0n) is 16.9. The molecule has 0 spiro atoms. The van der Waals surface area contributed by atoms with Crippen molar-refractivity contribution in [3.05, 3.63) is 59.7 Å². The molecular weight excluding hydrogens is 469 g/mol. The highest BCUT2D eigenvalue weighted by molar-refractivity contribution is 14.0. The largest absolute Gasteiger partial charge is 0.493 e. The topological polar surface area (TPSA) is 75.1 Å². The lowest BCUT2D eigenvalue weighted by Crippen LogP contribution is -2.44. The Morgan fingerprint density at radius 2 is 1.71 bits per heavy atom. The lowest BCUT2D eigenvalue weighted by atomic mass is 9.96. The quantitative estimate of drug-likeness (QED) is 0.296. The summed E-state index contributed by atoms with van der Waals surface area (Å²) < 4.78 is 10.6. The lowest BCUT2D eigenvalue weighted by Gasteiger charge is -2.25. The Morgan fingerprint density at radius 1 is 1.04 bits per heavy atom. The number of hydrogen-bond acceptors (Lipinski definition) is 4. The van der Waals surface area contributed by atoms with E-state index in [0.717, 1.165) is 17.7 Å². The molecule has 1 atom stereocenters. The zero-order valence-corrected chi connectivity index (χ0v) is 19.2. The fourth-order valence-corrected chi connectivity index (χ4v) is 2.65. The van der Waals surface area contributed by atoms with Crippen LogP contribution in [0.3, 0.4) is 0 Å². The van der Waals surface area contributed by atoms with E-state index in [4.69, 9.17) is 9.47 Å². The summed E-state index contributed by atoms with van der Waals surface area (Å²) in [6.07, 6.45) is 0. The molecule has 0 amide bonds. The van der Waals surface area contributed by atoms with Gasteiger partial charge < -0.3 is 25.2 Å². The molecule has 2 rings (SSSR count). The third kappa shape index (κ3) is 6.87. The molecular formula is C21H30IN3O3. The van der Waals surface area contributed by atoms with E-state index >= 15 is 0 Å². The molecule has 2 aromatic carbocycles. The van der Waals surface area contributed by atoms with Gasteiger partial charge in [-0.3, -0.25) is 0 Å². The summed E-state index contributed by atoms with van der Waals surface area (Å²) in [6, 6.07) is 15.3. The summed E-state index contributed by atoms with van der Waals surface area (Å²) in [6.45, 7) is 5.33. The number of guanidine groups is 1. The van der Waals surface area contributed by atoms with Gasteiger partial charge in [0, 0.05) is 6.54 Å². The number of aliphatic hydroxyl groups is 1. The van der Waals surface area contributed by atoms with Crippen LogP contribution in [0.15, 0.2) is 53.5 Å². The van der Waals surface area contributed by atoms with Crippen LogP contribution >= 0.6 is 24.0 Å². The van der Waals surface area contributed by atoms with Crippen molar-refractivity contribution in [3.63, 3.8) is 0 Å². The first kappa shape index (κ1) is 24.0. The van der Waals surface area contributed by atoms with E-state index in [1.54, 1.807) is 21.1 Å². The van der Waals surface area contributed by atoms with Gasteiger partial charge in [0.1, 0.15) is 5.60 Å². The average molecular weight is 499 g/mol. The Balaban J connectivity index is 0.00000392. The highest BCUT2D eigenvalue weighted by Gasteiger charge is 2.22. The van der Waals surface area contributed by atoms with Crippen LogP contribution in [0.4, 0.5) is 0 Å². The van der Waals surface area contributed by atoms with Crippen molar-refractivity contribution in [3.8, 4) is 11.5 Å². The van der Waals surface area contributed by atoms with E-state index < -0.39 is 5.60 Å². The Morgan fingerprint density at radius 3 is 2.32 bits per heavy atom. The third-order valence-electron chi connectivity index (χ3n) is 4.21. The molecule has 3 N–H and O–H groups in total. The van der Waals surface area contributed by atoms with Crippen molar-refractivity contribution in [2.45, 2.75) is 26.0 Å². The van der Waals surface area contributed by atoms with E-state index in [9.17, 15) is 5.11 Å². The molecule has 0 aromatic heterocycles. The van der Waals surface area contributed by atoms with Gasteiger partial charge in [-0.05, 0) is 37.1 Å². The molecule has 1 unspecified atom stereocenters. The van der Waals surface area contributed by atoms with E-state index in [0.29, 0.717) is 30.5 Å². The first-order valence-corrected chi connectivity index (χ1v) is 9.01. The molecule has 0 heterocycles. The molecule has 154 valence electrons. The minimum absolute atomic E-state index is 0. The molecule has 0 radical (unpaired) electrons. The fourth-order valence-electron chi connectivity index (χ4n) is 2.65. The number of rotatable bonds is 8. The highest BCUT2D eigenvalue weighted by Crippen LogP contribution is 2.27. The van der Waals surface area contributed by atoms with Crippen molar-refractivity contribution < 1.29 is 14.6 Å². The molecule has 0 saturated carbocycles. The van der Waals surface area contributed by atoms with Crippen LogP contribution in [-0.2, 0) is 12.1 Å². The Labute approximate surface area is 184 Å². The third-order valence-corrected chi connectivity index (χ3v) is 4.21. The van der Waals surface area contributed by atoms with Gasteiger partial charge in [-0.15, -0.1) is 24.0 Å². The Hall–Kier alpha value is -2.00. The van der Waals surface area contributed by atoms with Gasteiger partial charge in [0.25, 0.3) is 0 Å². The van der Waals surface area contributed by atoms with E-state index in [1.807, 2.05) is 55.5 Å². The molecule has 28 heavy (non-hydrogen) atoms. The maximum Gasteiger partial charge on any atom is 0.191 e. The van der Waals surface area contributed by atoms with Gasteiger partial charge in [-0.25, -0.2) is 4.99 Å². The lowest BCUT2D eigenvalue weighted by molar-refractivity contribution is 0.0617. The second-order valence-electron chi connectivity index (χ2n) is 6.38. The predicted octanol–water partition coefficient (Wildman–Crippen LogP) is 3.28. The van der Waals surface area contributed by atoms with Gasteiger partial charge in [0.05, 0.1) is 27.3 Å². The van der Waals surface area contributed by atoms with Crippen molar-refractivity contribution in [1.29, 1.82) is 0 Å². The van der Waals surface area contributed by atoms with E-state index in [2.05, 4.69) is 15.6 Å². The number of benzene rings is 2. The van der Waals surface area contributed by atoms with Crippen LogP contribution in [-0.4, -0.2) is 38.4 Å². The van der Waals surface area contributed by atoms with Crippen molar-refractivity contribution in [2.24, 2.45) is 4.99 Å². The van der Waals surface area contributed by atoms with Crippen molar-refractivity contribution in [2.75, 3.05) is 27.3 Å². The van der Waals surface area contributed by atoms with Gasteiger partial charge in [0.2, 0.25) is 0 Å². The minimum Gasteiger partial charge on any atom is -0.493 e. The summed E-state index contributed by atoms with van der Waals surface area (Å²) in [4.78, 5) is 4.60. The first-order valence-electron chi connectivity index (χ1n) is 9.01. The van der Waals surface area contributed by atoms with E-state index in [-0.39, 0.29) is 24.0 Å². The van der Waals surface area contributed by atoms with Crippen LogP contribution in [0.5, 0.6) is 11.5 Å². The minimum atomic E-state index is -0.999. The SMILES string of the molecule is CCNC(=NCc1ccc(OC)c(OC)c1)NCC(C)(O)c1ccccc1.I. The van der Waals surface area contributed by atoms with Crippen molar-refractivity contribution >= 4 is 29.9 Å². The predicted molar refractivity (Wildman–Crippen MR) is 124 cm³/mol. The summed E-state index contributed by atoms with van der Waals surface area (Å²) in [5, 5.41) is 17.2. The van der Waals surface area contributed by atoms with Gasteiger partial charge in [-0.1, -0.05) is 36.4 Å². The maximum atomic E-state index is 10.7. The summed E-state index contributed by atoms with van der Waals surface area (Å²) in [5.74, 6) is 2.01. The molecule has 0 aliphatic rings. The molecule has 0 aliphatic carbocycles. The van der Waals surface area contributed by atoms with Crippen LogP contribution in [0.1, 0.15) is 25.0 Å². The van der Waals surface area contributed by atoms with Gasteiger partial charge in [0.15, 0.2) is 17.5 Å². The Bertz CT molecular complexity index is 752. The standard InChI is InChI=1S/C21H29N3O3.HI/c1-5-22-20(24-15-21(2,25)17-9-7-6-8-10-17)23-14-16-11-12-18(26-3)19(13-16)27-4;/h6-13,25H,5,14-15H2,1-4H3,(H2,22,23,24);1H. The molecule has 7 heteroatoms. The zero-order chi connectivity index (χ0) is 19.7. The second-order valence-corrected chi connectivity index (χ2v) is 6.38. The molecule has 0 bridgehead atoms. The molecule has 6 nitrogen and oxygen atoms in total. The van der Waals surface area contributed by atoms with Gasteiger partial charge >= 0.3 is 0 Å². The number of aliphatic imine (C=N–C) groups is 1. The summed E-state index contributed by atoms with van der Waals surface area (Å²) in [7, 11) is 3.23. The fraction of sp³-hybridized carbons (Fsp3) is 0.381. The van der Waals surface area contributed by atoms with Crippen LogP contribution in [0, 0.1) is 0 Å². The van der Waals surface area contributed by atoms with Crippen LogP contribution in [0.2, 0.25) is 0 Å². The molecule has 0 aliphatic heterocycles. The number of nitrogens with one attached hydrogen (secondary N) is 2. The number of nitrogens with zero attached hydrogens (tertiary/aromatic N) is 1. The number of hydrogen-bond donors (Lipinski definition) is 3. The molecule has 0 fully saturated rings. The van der Waals surface area contributed by atoms with Crippen molar-refractivity contribution in [1.82, 2.24) is 10.6 Å². The second kappa shape index (κ2) is 11.8.